The van der Waals surface area contributed by atoms with E-state index in [-0.39, 0.29) is 11.7 Å². The Morgan fingerprint density at radius 3 is 2.47 bits per heavy atom. The number of benzene rings is 2. The Hall–Kier alpha value is -3.16. The molecule has 36 heavy (non-hydrogen) atoms. The maximum Gasteiger partial charge on any atom is 0.338 e. The van der Waals surface area contributed by atoms with E-state index in [0.29, 0.717) is 43.7 Å². The Kier molecular flexibility index (Phi) is 7.81. The Labute approximate surface area is 219 Å². The van der Waals surface area contributed by atoms with E-state index < -0.39 is 12.0 Å². The lowest BCUT2D eigenvalue weighted by molar-refractivity contribution is -0.143. The Balaban J connectivity index is 1.82. The van der Waals surface area contributed by atoms with Gasteiger partial charge in [-0.1, -0.05) is 67.1 Å². The van der Waals surface area contributed by atoms with E-state index in [1.165, 1.54) is 11.3 Å². The summed E-state index contributed by atoms with van der Waals surface area (Å²) in [7, 11) is 0. The van der Waals surface area contributed by atoms with Crippen molar-refractivity contribution in [3.63, 3.8) is 0 Å². The monoisotopic (exact) mass is 524 g/mol. The molecular weight excluding hydrogens is 496 g/mol. The van der Waals surface area contributed by atoms with Gasteiger partial charge in [0.25, 0.3) is 5.56 Å². The van der Waals surface area contributed by atoms with Crippen molar-refractivity contribution in [1.29, 1.82) is 0 Å². The number of allylic oxidation sites excluding steroid dienone is 1. The third kappa shape index (κ3) is 5.47. The highest BCUT2D eigenvalue weighted by Gasteiger charge is 2.34. The molecule has 2 heterocycles. The van der Waals surface area contributed by atoms with Gasteiger partial charge in [-0.05, 0) is 62.1 Å². The molecule has 1 aliphatic rings. The summed E-state index contributed by atoms with van der Waals surface area (Å²) in [6.07, 6.45) is 1.51. The molecule has 0 radical (unpaired) electrons. The van der Waals surface area contributed by atoms with Gasteiger partial charge in [-0.25, -0.2) is 9.79 Å². The third-order valence-electron chi connectivity index (χ3n) is 5.55. The molecule has 1 unspecified atom stereocenters. The van der Waals surface area contributed by atoms with Crippen molar-refractivity contribution in [2.24, 2.45) is 10.9 Å². The number of fused-ring (bicyclic) bond motifs is 1. The van der Waals surface area contributed by atoms with Crippen LogP contribution < -0.4 is 19.6 Å². The predicted molar refractivity (Wildman–Crippen MR) is 143 cm³/mol. The molecule has 0 amide bonds. The average Bonchev–Trinajstić information content (AvgIpc) is 3.12. The quantitative estimate of drug-likeness (QED) is 0.413. The van der Waals surface area contributed by atoms with E-state index in [2.05, 4.69) is 18.8 Å². The van der Waals surface area contributed by atoms with E-state index >= 15 is 0 Å². The molecule has 0 saturated heterocycles. The van der Waals surface area contributed by atoms with E-state index in [4.69, 9.17) is 21.1 Å². The summed E-state index contributed by atoms with van der Waals surface area (Å²) >= 11 is 7.84. The fourth-order valence-corrected chi connectivity index (χ4v) is 5.21. The molecule has 2 aromatic carbocycles. The lowest BCUT2D eigenvalue weighted by atomic mass is 9.96. The van der Waals surface area contributed by atoms with Gasteiger partial charge in [0.1, 0.15) is 11.8 Å². The fraction of sp³-hybridized carbons (Fsp3) is 0.321. The zero-order chi connectivity index (χ0) is 26.0. The van der Waals surface area contributed by atoms with Crippen molar-refractivity contribution in [1.82, 2.24) is 4.57 Å². The highest BCUT2D eigenvalue weighted by molar-refractivity contribution is 7.07. The van der Waals surface area contributed by atoms with Crippen molar-refractivity contribution in [2.75, 3.05) is 6.61 Å². The van der Waals surface area contributed by atoms with Gasteiger partial charge < -0.3 is 9.47 Å². The SMILES string of the molecule is CC1=C(C(=O)OC(C)C)C(c2ccccc2Cl)n2c(sc(=Cc3ccc(OCC(C)C)cc3)c2=O)=N1. The minimum Gasteiger partial charge on any atom is -0.493 e. The van der Waals surface area contributed by atoms with Gasteiger partial charge >= 0.3 is 5.97 Å². The second kappa shape index (κ2) is 10.8. The van der Waals surface area contributed by atoms with Gasteiger partial charge in [0.2, 0.25) is 0 Å². The third-order valence-corrected chi connectivity index (χ3v) is 6.87. The molecule has 3 aromatic rings. The van der Waals surface area contributed by atoms with Gasteiger partial charge in [0, 0.05) is 5.02 Å². The van der Waals surface area contributed by atoms with Crippen LogP contribution >= 0.6 is 22.9 Å². The van der Waals surface area contributed by atoms with Gasteiger partial charge in [-0.15, -0.1) is 0 Å². The molecular formula is C28H29ClN2O4S. The second-order valence-corrected chi connectivity index (χ2v) is 10.7. The number of aromatic nitrogens is 1. The van der Waals surface area contributed by atoms with Crippen LogP contribution in [0.3, 0.4) is 0 Å². The van der Waals surface area contributed by atoms with Crippen molar-refractivity contribution in [3.8, 4) is 5.75 Å². The Bertz CT molecular complexity index is 1480. The molecule has 0 N–H and O–H groups in total. The topological polar surface area (TPSA) is 69.9 Å². The highest BCUT2D eigenvalue weighted by atomic mass is 35.5. The van der Waals surface area contributed by atoms with Crippen LogP contribution in [0.25, 0.3) is 6.08 Å². The molecule has 0 bridgehead atoms. The predicted octanol–water partition coefficient (Wildman–Crippen LogP) is 4.88. The normalized spacial score (nSPS) is 15.8. The highest BCUT2D eigenvalue weighted by Crippen LogP contribution is 2.34. The minimum absolute atomic E-state index is 0.244. The number of esters is 1. The molecule has 0 spiro atoms. The molecule has 1 aromatic heterocycles. The Morgan fingerprint density at radius 1 is 1.14 bits per heavy atom. The molecule has 0 aliphatic carbocycles. The first-order chi connectivity index (χ1) is 17.2. The number of ether oxygens (including phenoxy) is 2. The largest absolute Gasteiger partial charge is 0.493 e. The average molecular weight is 525 g/mol. The number of carbonyl (C=O) groups excluding carboxylic acids is 1. The van der Waals surface area contributed by atoms with Crippen molar-refractivity contribution in [3.05, 3.63) is 95.6 Å². The van der Waals surface area contributed by atoms with Crippen LogP contribution in [-0.4, -0.2) is 23.2 Å². The number of hydrogen-bond acceptors (Lipinski definition) is 6. The lowest BCUT2D eigenvalue weighted by Gasteiger charge is -2.26. The van der Waals surface area contributed by atoms with Crippen molar-refractivity contribution < 1.29 is 14.3 Å². The molecule has 6 nitrogen and oxygen atoms in total. The fourth-order valence-electron chi connectivity index (χ4n) is 3.93. The summed E-state index contributed by atoms with van der Waals surface area (Å²) in [5.74, 6) is 0.704. The number of nitrogens with zero attached hydrogens (tertiary/aromatic N) is 2. The molecule has 0 saturated carbocycles. The van der Waals surface area contributed by atoms with Crippen LogP contribution in [0.2, 0.25) is 5.02 Å². The molecule has 0 fully saturated rings. The molecule has 4 rings (SSSR count). The number of halogens is 1. The summed E-state index contributed by atoms with van der Waals surface area (Å²) in [6, 6.07) is 14.1. The Morgan fingerprint density at radius 2 is 1.83 bits per heavy atom. The summed E-state index contributed by atoms with van der Waals surface area (Å²) in [6.45, 7) is 10.2. The van der Waals surface area contributed by atoms with Crippen LogP contribution in [-0.2, 0) is 9.53 Å². The van der Waals surface area contributed by atoms with Gasteiger partial charge in [0.15, 0.2) is 4.80 Å². The molecule has 1 aliphatic heterocycles. The van der Waals surface area contributed by atoms with Crippen LogP contribution in [0.5, 0.6) is 5.75 Å². The maximum atomic E-state index is 13.7. The van der Waals surface area contributed by atoms with Gasteiger partial charge in [0.05, 0.1) is 28.5 Å². The van der Waals surface area contributed by atoms with Crippen LogP contribution in [0.15, 0.2) is 69.6 Å². The van der Waals surface area contributed by atoms with E-state index in [0.717, 1.165) is 11.3 Å². The number of carbonyl (C=O) groups is 1. The van der Waals surface area contributed by atoms with E-state index in [1.807, 2.05) is 48.5 Å². The van der Waals surface area contributed by atoms with Crippen LogP contribution in [0, 0.1) is 5.92 Å². The van der Waals surface area contributed by atoms with Crippen molar-refractivity contribution >= 4 is 35.0 Å². The first-order valence-corrected chi connectivity index (χ1v) is 13.1. The molecule has 1 atom stereocenters. The molecule has 8 heteroatoms. The zero-order valence-corrected chi connectivity index (χ0v) is 22.5. The first kappa shape index (κ1) is 25.9. The standard InChI is InChI=1S/C28H29ClN2O4S/c1-16(2)15-34-20-12-10-19(11-13-20)14-23-26(32)31-25(21-8-6-7-9-22(21)29)24(27(33)35-17(3)4)18(5)30-28(31)36-23/h6-14,16-17,25H,15H2,1-5H3. The summed E-state index contributed by atoms with van der Waals surface area (Å²) in [4.78, 5) is 32.0. The minimum atomic E-state index is -0.741. The smallest absolute Gasteiger partial charge is 0.338 e. The summed E-state index contributed by atoms with van der Waals surface area (Å²) in [5.41, 5.74) is 2.07. The number of hydrogen-bond donors (Lipinski definition) is 0. The van der Waals surface area contributed by atoms with Gasteiger partial charge in [-0.3, -0.25) is 9.36 Å². The number of thiazole rings is 1. The second-order valence-electron chi connectivity index (χ2n) is 9.33. The van der Waals surface area contributed by atoms with Crippen LogP contribution in [0.4, 0.5) is 0 Å². The van der Waals surface area contributed by atoms with E-state index in [9.17, 15) is 9.59 Å². The first-order valence-electron chi connectivity index (χ1n) is 11.9. The number of rotatable bonds is 7. The zero-order valence-electron chi connectivity index (χ0n) is 20.9. The summed E-state index contributed by atoms with van der Waals surface area (Å²) in [5, 5.41) is 0.457. The lowest BCUT2D eigenvalue weighted by Crippen LogP contribution is -2.40. The molecule has 188 valence electrons. The summed E-state index contributed by atoms with van der Waals surface area (Å²) < 4.78 is 13.3. The van der Waals surface area contributed by atoms with Crippen LogP contribution in [0.1, 0.15) is 51.8 Å². The van der Waals surface area contributed by atoms with Gasteiger partial charge in [-0.2, -0.15) is 0 Å². The maximum absolute atomic E-state index is 13.7. The van der Waals surface area contributed by atoms with E-state index in [1.54, 1.807) is 31.4 Å². The van der Waals surface area contributed by atoms with Crippen molar-refractivity contribution in [2.45, 2.75) is 46.8 Å².